The van der Waals surface area contributed by atoms with Gasteiger partial charge < -0.3 is 9.30 Å². The van der Waals surface area contributed by atoms with Gasteiger partial charge in [-0.2, -0.15) is 4.98 Å². The van der Waals surface area contributed by atoms with Crippen LogP contribution in [0.5, 0.6) is 5.88 Å². The van der Waals surface area contributed by atoms with E-state index in [-0.39, 0.29) is 0 Å². The summed E-state index contributed by atoms with van der Waals surface area (Å²) in [7, 11) is 3.67. The SMILES string of the molecule is COc1nc(CCc2nc(-c3ccccc3)cn2C)nc2ccccc12. The van der Waals surface area contributed by atoms with E-state index in [9.17, 15) is 0 Å². The summed E-state index contributed by atoms with van der Waals surface area (Å²) in [5.41, 5.74) is 3.01. The van der Waals surface area contributed by atoms with Gasteiger partial charge in [0.05, 0.1) is 23.7 Å². The Hall–Kier alpha value is -3.21. The average Bonchev–Trinajstić information content (AvgIpc) is 3.07. The fourth-order valence-electron chi connectivity index (χ4n) is 3.07. The molecule has 0 aliphatic carbocycles. The van der Waals surface area contributed by atoms with E-state index in [0.29, 0.717) is 12.3 Å². The van der Waals surface area contributed by atoms with Crippen LogP contribution in [0, 0.1) is 0 Å². The van der Waals surface area contributed by atoms with Gasteiger partial charge in [-0.15, -0.1) is 0 Å². The summed E-state index contributed by atoms with van der Waals surface area (Å²) in [6, 6.07) is 18.1. The van der Waals surface area contributed by atoms with Gasteiger partial charge in [-0.25, -0.2) is 9.97 Å². The molecule has 5 nitrogen and oxygen atoms in total. The number of ether oxygens (including phenoxy) is 1. The van der Waals surface area contributed by atoms with Crippen molar-refractivity contribution in [2.45, 2.75) is 12.8 Å². The lowest BCUT2D eigenvalue weighted by Crippen LogP contribution is -2.04. The van der Waals surface area contributed by atoms with Crippen molar-refractivity contribution in [2.24, 2.45) is 7.05 Å². The van der Waals surface area contributed by atoms with E-state index in [1.165, 1.54) is 0 Å². The molecule has 2 aromatic carbocycles. The molecule has 0 aliphatic rings. The van der Waals surface area contributed by atoms with Crippen LogP contribution in [0.25, 0.3) is 22.2 Å². The molecule has 0 atom stereocenters. The minimum Gasteiger partial charge on any atom is -0.480 e. The summed E-state index contributed by atoms with van der Waals surface area (Å²) in [6.07, 6.45) is 3.54. The molecule has 4 rings (SSSR count). The summed E-state index contributed by atoms with van der Waals surface area (Å²) < 4.78 is 7.50. The first-order valence-electron chi connectivity index (χ1n) is 8.62. The van der Waals surface area contributed by atoms with Gasteiger partial charge in [0.25, 0.3) is 0 Å². The van der Waals surface area contributed by atoms with Crippen molar-refractivity contribution < 1.29 is 4.74 Å². The minimum absolute atomic E-state index is 0.621. The van der Waals surface area contributed by atoms with E-state index < -0.39 is 0 Å². The summed E-state index contributed by atoms with van der Waals surface area (Å²) in [5, 5.41) is 0.933. The van der Waals surface area contributed by atoms with E-state index in [2.05, 4.69) is 32.9 Å². The Morgan fingerprint density at radius 3 is 2.46 bits per heavy atom. The van der Waals surface area contributed by atoms with Crippen LogP contribution in [-0.2, 0) is 19.9 Å². The molecule has 0 amide bonds. The minimum atomic E-state index is 0.621. The third kappa shape index (κ3) is 3.16. The summed E-state index contributed by atoms with van der Waals surface area (Å²) in [5.74, 6) is 2.40. The van der Waals surface area contributed by atoms with Crippen LogP contribution < -0.4 is 4.74 Å². The molecule has 0 unspecified atom stereocenters. The van der Waals surface area contributed by atoms with E-state index >= 15 is 0 Å². The monoisotopic (exact) mass is 344 g/mol. The van der Waals surface area contributed by atoms with Gasteiger partial charge >= 0.3 is 0 Å². The topological polar surface area (TPSA) is 52.8 Å². The maximum Gasteiger partial charge on any atom is 0.224 e. The van der Waals surface area contributed by atoms with E-state index in [4.69, 9.17) is 9.72 Å². The van der Waals surface area contributed by atoms with Gasteiger partial charge in [0.2, 0.25) is 5.88 Å². The van der Waals surface area contributed by atoms with E-state index in [0.717, 1.165) is 40.2 Å². The van der Waals surface area contributed by atoms with Crippen LogP contribution in [-0.4, -0.2) is 26.6 Å². The van der Waals surface area contributed by atoms with Crippen molar-refractivity contribution in [1.29, 1.82) is 0 Å². The number of fused-ring (bicyclic) bond motifs is 1. The summed E-state index contributed by atoms with van der Waals surface area (Å²) >= 11 is 0. The first-order chi connectivity index (χ1) is 12.7. The standard InChI is InChI=1S/C21H20N4O/c1-25-14-18(15-8-4-3-5-9-15)23-20(25)13-12-19-22-17-11-7-6-10-16(17)21(24-19)26-2/h3-11,14H,12-13H2,1-2H3. The second-order valence-electron chi connectivity index (χ2n) is 6.19. The summed E-state index contributed by atoms with van der Waals surface area (Å²) in [6.45, 7) is 0. The maximum atomic E-state index is 5.43. The van der Waals surface area contributed by atoms with Crippen molar-refractivity contribution in [3.8, 4) is 17.1 Å². The molecule has 0 spiro atoms. The molecule has 130 valence electrons. The molecule has 0 bridgehead atoms. The van der Waals surface area contributed by atoms with Gasteiger partial charge in [0.1, 0.15) is 11.6 Å². The number of rotatable bonds is 5. The predicted octanol–water partition coefficient (Wildman–Crippen LogP) is 3.82. The first kappa shape index (κ1) is 16.3. The van der Waals surface area contributed by atoms with Crippen LogP contribution >= 0.6 is 0 Å². The lowest BCUT2D eigenvalue weighted by molar-refractivity contribution is 0.400. The number of hydrogen-bond acceptors (Lipinski definition) is 4. The van der Waals surface area contributed by atoms with Gasteiger partial charge in [0, 0.05) is 31.6 Å². The molecule has 0 fully saturated rings. The van der Waals surface area contributed by atoms with Gasteiger partial charge in [0.15, 0.2) is 0 Å². The third-order valence-corrected chi connectivity index (χ3v) is 4.42. The molecular weight excluding hydrogens is 324 g/mol. The molecule has 0 N–H and O–H groups in total. The molecule has 0 saturated carbocycles. The Bertz CT molecular complexity index is 1040. The number of para-hydroxylation sites is 1. The predicted molar refractivity (Wildman–Crippen MR) is 102 cm³/mol. The Labute approximate surface area is 152 Å². The Morgan fingerprint density at radius 1 is 0.885 bits per heavy atom. The zero-order valence-corrected chi connectivity index (χ0v) is 14.9. The first-order valence-corrected chi connectivity index (χ1v) is 8.62. The Morgan fingerprint density at radius 2 is 1.65 bits per heavy atom. The number of aryl methyl sites for hydroxylation is 3. The number of methoxy groups -OCH3 is 1. The van der Waals surface area contributed by atoms with Gasteiger partial charge in [-0.1, -0.05) is 42.5 Å². The van der Waals surface area contributed by atoms with Crippen LogP contribution in [0.2, 0.25) is 0 Å². The normalized spacial score (nSPS) is 11.0. The summed E-state index contributed by atoms with van der Waals surface area (Å²) in [4.78, 5) is 14.0. The largest absolute Gasteiger partial charge is 0.480 e. The van der Waals surface area contributed by atoms with Crippen LogP contribution in [0.15, 0.2) is 60.8 Å². The van der Waals surface area contributed by atoms with E-state index in [1.54, 1.807) is 7.11 Å². The van der Waals surface area contributed by atoms with Gasteiger partial charge in [-0.3, -0.25) is 0 Å². The second-order valence-corrected chi connectivity index (χ2v) is 6.19. The molecule has 0 aliphatic heterocycles. The Balaban J connectivity index is 1.58. The molecule has 0 radical (unpaired) electrons. The third-order valence-electron chi connectivity index (χ3n) is 4.42. The van der Waals surface area contributed by atoms with Crippen LogP contribution in [0.3, 0.4) is 0 Å². The van der Waals surface area contributed by atoms with Crippen molar-refractivity contribution in [3.05, 3.63) is 72.4 Å². The number of hydrogen-bond donors (Lipinski definition) is 0. The highest BCUT2D eigenvalue weighted by molar-refractivity contribution is 5.83. The maximum absolute atomic E-state index is 5.43. The molecule has 2 heterocycles. The zero-order chi connectivity index (χ0) is 17.9. The average molecular weight is 344 g/mol. The second kappa shape index (κ2) is 6.96. The molecule has 0 saturated heterocycles. The number of nitrogens with zero attached hydrogens (tertiary/aromatic N) is 4. The van der Waals surface area contributed by atoms with Crippen LogP contribution in [0.4, 0.5) is 0 Å². The fraction of sp³-hybridized carbons (Fsp3) is 0.190. The number of imidazole rings is 1. The Kier molecular flexibility index (Phi) is 4.35. The fourth-order valence-corrected chi connectivity index (χ4v) is 3.07. The quantitative estimate of drug-likeness (QED) is 0.552. The highest BCUT2D eigenvalue weighted by atomic mass is 16.5. The highest BCUT2D eigenvalue weighted by Crippen LogP contribution is 2.23. The van der Waals surface area contributed by atoms with Gasteiger partial charge in [-0.05, 0) is 12.1 Å². The molecular formula is C21H20N4O. The van der Waals surface area contributed by atoms with Crippen molar-refractivity contribution >= 4 is 10.9 Å². The van der Waals surface area contributed by atoms with Crippen molar-refractivity contribution in [3.63, 3.8) is 0 Å². The lowest BCUT2D eigenvalue weighted by Gasteiger charge is -2.07. The van der Waals surface area contributed by atoms with Crippen LogP contribution in [0.1, 0.15) is 11.6 Å². The number of benzene rings is 2. The van der Waals surface area contributed by atoms with E-state index in [1.807, 2.05) is 49.5 Å². The highest BCUT2D eigenvalue weighted by Gasteiger charge is 2.11. The van der Waals surface area contributed by atoms with Crippen molar-refractivity contribution in [2.75, 3.05) is 7.11 Å². The zero-order valence-electron chi connectivity index (χ0n) is 14.9. The molecule has 26 heavy (non-hydrogen) atoms. The molecule has 5 heteroatoms. The smallest absolute Gasteiger partial charge is 0.224 e. The molecule has 2 aromatic heterocycles. The number of aromatic nitrogens is 4. The van der Waals surface area contributed by atoms with Crippen molar-refractivity contribution in [1.82, 2.24) is 19.5 Å². The lowest BCUT2D eigenvalue weighted by atomic mass is 10.2. The molecule has 4 aromatic rings.